The van der Waals surface area contributed by atoms with Crippen LogP contribution in [0.1, 0.15) is 10.4 Å². The number of aromatic nitrogens is 2. The number of imidazole rings is 1. The van der Waals surface area contributed by atoms with Crippen LogP contribution in [0.2, 0.25) is 0 Å². The fourth-order valence-electron chi connectivity index (χ4n) is 2.40. The number of carbonyl (C=O) groups is 1. The monoisotopic (exact) mass is 274 g/mol. The van der Waals surface area contributed by atoms with Crippen LogP contribution in [0.15, 0.2) is 24.5 Å². The predicted octanol–water partition coefficient (Wildman–Crippen LogP) is 0.625. The van der Waals surface area contributed by atoms with Gasteiger partial charge in [0.25, 0.3) is 5.91 Å². The third kappa shape index (κ3) is 2.81. The van der Waals surface area contributed by atoms with E-state index in [4.69, 9.17) is 4.74 Å². The number of aromatic amines is 1. The molecule has 3 rings (SSSR count). The Hall–Kier alpha value is -1.92. The molecule has 0 spiro atoms. The minimum absolute atomic E-state index is 0.0732. The summed E-state index contributed by atoms with van der Waals surface area (Å²) in [6, 6.07) is 5.57. The zero-order chi connectivity index (χ0) is 13.8. The molecular formula is C14H18N4O2. The molecule has 1 aromatic heterocycles. The van der Waals surface area contributed by atoms with Crippen LogP contribution in [0.3, 0.4) is 0 Å². The molecule has 1 fully saturated rings. The molecule has 0 radical (unpaired) electrons. The van der Waals surface area contributed by atoms with E-state index in [0.717, 1.165) is 43.9 Å². The van der Waals surface area contributed by atoms with Crippen molar-refractivity contribution in [1.29, 1.82) is 0 Å². The topological polar surface area (TPSA) is 70.2 Å². The van der Waals surface area contributed by atoms with E-state index in [1.165, 1.54) is 0 Å². The minimum atomic E-state index is -0.0732. The molecule has 1 aromatic carbocycles. The quantitative estimate of drug-likeness (QED) is 0.857. The summed E-state index contributed by atoms with van der Waals surface area (Å²) >= 11 is 0. The van der Waals surface area contributed by atoms with E-state index in [2.05, 4.69) is 20.2 Å². The number of rotatable bonds is 4. The molecular weight excluding hydrogens is 256 g/mol. The molecule has 6 nitrogen and oxygen atoms in total. The van der Waals surface area contributed by atoms with Crippen LogP contribution in [-0.4, -0.2) is 60.2 Å². The summed E-state index contributed by atoms with van der Waals surface area (Å²) in [6.45, 7) is 4.92. The predicted molar refractivity (Wildman–Crippen MR) is 75.7 cm³/mol. The van der Waals surface area contributed by atoms with Gasteiger partial charge in [0.05, 0.1) is 30.6 Å². The molecule has 0 atom stereocenters. The van der Waals surface area contributed by atoms with Crippen molar-refractivity contribution in [3.05, 3.63) is 30.1 Å². The van der Waals surface area contributed by atoms with Crippen LogP contribution in [0.5, 0.6) is 0 Å². The van der Waals surface area contributed by atoms with Gasteiger partial charge in [0.1, 0.15) is 5.52 Å². The maximum absolute atomic E-state index is 12.2. The lowest BCUT2D eigenvalue weighted by atomic mass is 10.1. The van der Waals surface area contributed by atoms with Gasteiger partial charge in [0.15, 0.2) is 0 Å². The number of amides is 1. The summed E-state index contributed by atoms with van der Waals surface area (Å²) in [4.78, 5) is 21.7. The lowest BCUT2D eigenvalue weighted by Gasteiger charge is -2.26. The van der Waals surface area contributed by atoms with Crippen LogP contribution >= 0.6 is 0 Å². The lowest BCUT2D eigenvalue weighted by molar-refractivity contribution is 0.0383. The summed E-state index contributed by atoms with van der Waals surface area (Å²) in [5.41, 5.74) is 2.22. The average molecular weight is 274 g/mol. The molecule has 1 amide bonds. The number of nitrogens with zero attached hydrogens (tertiary/aromatic N) is 2. The molecule has 1 saturated heterocycles. The van der Waals surface area contributed by atoms with Crippen molar-refractivity contribution in [1.82, 2.24) is 20.2 Å². The van der Waals surface area contributed by atoms with E-state index in [9.17, 15) is 4.79 Å². The summed E-state index contributed by atoms with van der Waals surface area (Å²) in [5.74, 6) is -0.0732. The Bertz CT molecular complexity index is 590. The van der Waals surface area contributed by atoms with Crippen molar-refractivity contribution in [3.8, 4) is 0 Å². The Morgan fingerprint density at radius 2 is 2.25 bits per heavy atom. The number of hydrogen-bond acceptors (Lipinski definition) is 4. The molecule has 0 bridgehead atoms. The van der Waals surface area contributed by atoms with Gasteiger partial charge in [-0.2, -0.15) is 0 Å². The van der Waals surface area contributed by atoms with Crippen LogP contribution in [-0.2, 0) is 4.74 Å². The number of benzene rings is 1. The number of ether oxygens (including phenoxy) is 1. The maximum Gasteiger partial charge on any atom is 0.253 e. The minimum Gasteiger partial charge on any atom is -0.379 e. The van der Waals surface area contributed by atoms with Gasteiger partial charge >= 0.3 is 0 Å². The van der Waals surface area contributed by atoms with Crippen molar-refractivity contribution in [2.24, 2.45) is 0 Å². The molecule has 0 saturated carbocycles. The molecule has 106 valence electrons. The SMILES string of the molecule is O=C(NCCN1CCOCC1)c1cccc2[nH]cnc12. The van der Waals surface area contributed by atoms with E-state index in [1.807, 2.05) is 12.1 Å². The van der Waals surface area contributed by atoms with E-state index < -0.39 is 0 Å². The first-order chi connectivity index (χ1) is 9.84. The highest BCUT2D eigenvalue weighted by molar-refractivity contribution is 6.04. The van der Waals surface area contributed by atoms with E-state index in [1.54, 1.807) is 12.4 Å². The van der Waals surface area contributed by atoms with Crippen molar-refractivity contribution >= 4 is 16.9 Å². The molecule has 2 aromatic rings. The van der Waals surface area contributed by atoms with Gasteiger partial charge in [-0.05, 0) is 12.1 Å². The summed E-state index contributed by atoms with van der Waals surface area (Å²) < 4.78 is 5.30. The number of H-pyrrole nitrogens is 1. The Morgan fingerprint density at radius 1 is 1.40 bits per heavy atom. The maximum atomic E-state index is 12.2. The molecule has 20 heavy (non-hydrogen) atoms. The number of carbonyl (C=O) groups excluding carboxylic acids is 1. The smallest absolute Gasteiger partial charge is 0.253 e. The summed E-state index contributed by atoms with van der Waals surface area (Å²) in [5, 5.41) is 2.95. The Labute approximate surface area is 117 Å². The number of fused-ring (bicyclic) bond motifs is 1. The van der Waals surface area contributed by atoms with Crippen LogP contribution in [0, 0.1) is 0 Å². The zero-order valence-electron chi connectivity index (χ0n) is 11.3. The number of para-hydroxylation sites is 1. The van der Waals surface area contributed by atoms with Gasteiger partial charge in [-0.25, -0.2) is 4.98 Å². The second-order valence-electron chi connectivity index (χ2n) is 4.81. The molecule has 1 aliphatic rings. The van der Waals surface area contributed by atoms with Gasteiger partial charge in [0, 0.05) is 26.2 Å². The molecule has 0 aliphatic carbocycles. The first kappa shape index (κ1) is 13.1. The highest BCUT2D eigenvalue weighted by Gasteiger charge is 2.13. The van der Waals surface area contributed by atoms with Gasteiger partial charge in [-0.15, -0.1) is 0 Å². The van der Waals surface area contributed by atoms with E-state index in [0.29, 0.717) is 12.1 Å². The number of hydrogen-bond donors (Lipinski definition) is 2. The zero-order valence-corrected chi connectivity index (χ0v) is 11.3. The lowest BCUT2D eigenvalue weighted by Crippen LogP contribution is -2.41. The third-order valence-corrected chi connectivity index (χ3v) is 3.51. The highest BCUT2D eigenvalue weighted by Crippen LogP contribution is 2.14. The standard InChI is InChI=1S/C14H18N4O2/c19-14(15-4-5-18-6-8-20-9-7-18)11-2-1-3-12-13(11)17-10-16-12/h1-3,10H,4-9H2,(H,15,19)(H,16,17). The van der Waals surface area contributed by atoms with Gasteiger partial charge < -0.3 is 15.0 Å². The highest BCUT2D eigenvalue weighted by atomic mass is 16.5. The van der Waals surface area contributed by atoms with E-state index in [-0.39, 0.29) is 5.91 Å². The third-order valence-electron chi connectivity index (χ3n) is 3.51. The Kier molecular flexibility index (Phi) is 3.94. The number of morpholine rings is 1. The van der Waals surface area contributed by atoms with Gasteiger partial charge in [0.2, 0.25) is 0 Å². The van der Waals surface area contributed by atoms with Crippen molar-refractivity contribution in [3.63, 3.8) is 0 Å². The average Bonchev–Trinajstić information content (AvgIpc) is 2.96. The fraction of sp³-hybridized carbons (Fsp3) is 0.429. The number of nitrogens with one attached hydrogen (secondary N) is 2. The van der Waals surface area contributed by atoms with Gasteiger partial charge in [-0.3, -0.25) is 9.69 Å². The summed E-state index contributed by atoms with van der Waals surface area (Å²) in [7, 11) is 0. The van der Waals surface area contributed by atoms with Crippen LogP contribution < -0.4 is 5.32 Å². The normalized spacial score (nSPS) is 16.4. The molecule has 1 aliphatic heterocycles. The molecule has 6 heteroatoms. The van der Waals surface area contributed by atoms with Crippen LogP contribution in [0.25, 0.3) is 11.0 Å². The van der Waals surface area contributed by atoms with Crippen molar-refractivity contribution in [2.45, 2.75) is 0 Å². The molecule has 0 unspecified atom stereocenters. The fourth-order valence-corrected chi connectivity index (χ4v) is 2.40. The second kappa shape index (κ2) is 6.02. The van der Waals surface area contributed by atoms with Crippen molar-refractivity contribution < 1.29 is 9.53 Å². The second-order valence-corrected chi connectivity index (χ2v) is 4.81. The largest absolute Gasteiger partial charge is 0.379 e. The van der Waals surface area contributed by atoms with Gasteiger partial charge in [-0.1, -0.05) is 6.07 Å². The molecule has 2 N–H and O–H groups in total. The molecule has 2 heterocycles. The Morgan fingerprint density at radius 3 is 3.10 bits per heavy atom. The summed E-state index contributed by atoms with van der Waals surface area (Å²) in [6.07, 6.45) is 1.61. The Balaban J connectivity index is 1.57. The van der Waals surface area contributed by atoms with Crippen molar-refractivity contribution in [2.75, 3.05) is 39.4 Å². The van der Waals surface area contributed by atoms with E-state index >= 15 is 0 Å². The first-order valence-electron chi connectivity index (χ1n) is 6.85. The first-order valence-corrected chi connectivity index (χ1v) is 6.85. The van der Waals surface area contributed by atoms with Crippen LogP contribution in [0.4, 0.5) is 0 Å².